The average Bonchev–Trinajstić information content (AvgIpc) is 3.32. The second kappa shape index (κ2) is 7.34. The second-order valence-electron chi connectivity index (χ2n) is 8.78. The van der Waals surface area contributed by atoms with E-state index in [1.54, 1.807) is 6.33 Å². The highest BCUT2D eigenvalue weighted by molar-refractivity contribution is 5.36. The Balaban J connectivity index is 1.39. The van der Waals surface area contributed by atoms with E-state index >= 15 is 0 Å². The summed E-state index contributed by atoms with van der Waals surface area (Å²) in [7, 11) is 0. The van der Waals surface area contributed by atoms with Crippen LogP contribution < -0.4 is 4.90 Å². The zero-order valence-corrected chi connectivity index (χ0v) is 17.2. The van der Waals surface area contributed by atoms with Gasteiger partial charge in [-0.05, 0) is 25.5 Å². The van der Waals surface area contributed by atoms with Crippen LogP contribution in [0.25, 0.3) is 0 Å². The van der Waals surface area contributed by atoms with Crippen LogP contribution in [0.2, 0.25) is 0 Å². The Bertz CT molecular complexity index is 872. The molecule has 8 nitrogen and oxygen atoms in total. The first-order valence-electron chi connectivity index (χ1n) is 10.7. The predicted molar refractivity (Wildman–Crippen MR) is 108 cm³/mol. The Hall–Kier alpha value is -2.03. The Morgan fingerprint density at radius 3 is 2.97 bits per heavy atom. The minimum Gasteiger partial charge on any atom is -0.396 e. The number of hydrogen-bond acceptors (Lipinski definition) is 7. The van der Waals surface area contributed by atoms with Gasteiger partial charge in [0.25, 0.3) is 0 Å². The number of rotatable bonds is 6. The standard InChI is InChI=1S/C21H30N6O2/c1-3-7-27-20(22-14-23-27)26-9-18-17(11-28)19-10-25(12-21(18,13-26)29-19)8-16-6-4-5-15(2)24-16/h4-6,14,17-19,28H,3,7-13H2,1-2H3/t17-,18+,19+,21+/m0/s1. The number of anilines is 1. The summed E-state index contributed by atoms with van der Waals surface area (Å²) in [6.45, 7) is 9.40. The van der Waals surface area contributed by atoms with Gasteiger partial charge in [-0.25, -0.2) is 4.68 Å². The smallest absolute Gasteiger partial charge is 0.223 e. The number of hydrogen-bond donors (Lipinski definition) is 1. The number of ether oxygens (including phenoxy) is 1. The summed E-state index contributed by atoms with van der Waals surface area (Å²) in [6, 6.07) is 6.20. The minimum atomic E-state index is -0.261. The van der Waals surface area contributed by atoms with Gasteiger partial charge in [-0.1, -0.05) is 13.0 Å². The van der Waals surface area contributed by atoms with Crippen LogP contribution in [-0.4, -0.2) is 74.2 Å². The molecule has 5 rings (SSSR count). The highest BCUT2D eigenvalue weighted by atomic mass is 16.5. The zero-order chi connectivity index (χ0) is 20.0. The molecule has 156 valence electrons. The van der Waals surface area contributed by atoms with Gasteiger partial charge in [-0.3, -0.25) is 9.88 Å². The van der Waals surface area contributed by atoms with Crippen molar-refractivity contribution >= 4 is 5.95 Å². The van der Waals surface area contributed by atoms with Crippen LogP contribution in [-0.2, 0) is 17.8 Å². The summed E-state index contributed by atoms with van der Waals surface area (Å²) in [6.07, 6.45) is 2.74. The molecule has 0 radical (unpaired) electrons. The first-order chi connectivity index (χ1) is 14.1. The number of aliphatic hydroxyl groups excluding tert-OH is 1. The third-order valence-corrected chi connectivity index (χ3v) is 6.72. The van der Waals surface area contributed by atoms with Crippen molar-refractivity contribution in [1.82, 2.24) is 24.6 Å². The van der Waals surface area contributed by atoms with E-state index in [9.17, 15) is 5.11 Å². The fourth-order valence-electron chi connectivity index (χ4n) is 5.59. The lowest BCUT2D eigenvalue weighted by molar-refractivity contribution is -0.113. The topological polar surface area (TPSA) is 79.5 Å². The molecule has 4 atom stereocenters. The van der Waals surface area contributed by atoms with Gasteiger partial charge in [0, 0.05) is 56.9 Å². The molecule has 2 bridgehead atoms. The van der Waals surface area contributed by atoms with E-state index in [0.29, 0.717) is 5.92 Å². The highest BCUT2D eigenvalue weighted by Crippen LogP contribution is 2.49. The van der Waals surface area contributed by atoms with Crippen LogP contribution in [0, 0.1) is 18.8 Å². The molecule has 0 amide bonds. The monoisotopic (exact) mass is 398 g/mol. The van der Waals surface area contributed by atoms with Crippen molar-refractivity contribution in [2.24, 2.45) is 11.8 Å². The highest BCUT2D eigenvalue weighted by Gasteiger charge is 2.62. The summed E-state index contributed by atoms with van der Waals surface area (Å²) in [5.41, 5.74) is 1.88. The summed E-state index contributed by atoms with van der Waals surface area (Å²) in [5.74, 6) is 1.39. The Kier molecular flexibility index (Phi) is 4.80. The number of pyridine rings is 1. The Labute approximate surface area is 171 Å². The van der Waals surface area contributed by atoms with Crippen molar-refractivity contribution in [3.63, 3.8) is 0 Å². The lowest BCUT2D eigenvalue weighted by Gasteiger charge is -2.40. The molecule has 0 saturated carbocycles. The summed E-state index contributed by atoms with van der Waals surface area (Å²) in [4.78, 5) is 14.0. The average molecular weight is 399 g/mol. The quantitative estimate of drug-likeness (QED) is 0.780. The molecule has 8 heteroatoms. The van der Waals surface area contributed by atoms with E-state index in [4.69, 9.17) is 4.74 Å². The number of aromatic nitrogens is 4. The summed E-state index contributed by atoms with van der Waals surface area (Å²) >= 11 is 0. The molecule has 3 aliphatic rings. The predicted octanol–water partition coefficient (Wildman–Crippen LogP) is 1.09. The number of morpholine rings is 1. The van der Waals surface area contributed by atoms with Gasteiger partial charge in [0.1, 0.15) is 11.9 Å². The number of likely N-dealkylation sites (tertiary alicyclic amines) is 1. The number of aliphatic hydroxyl groups is 1. The van der Waals surface area contributed by atoms with Gasteiger partial charge in [-0.2, -0.15) is 10.1 Å². The number of aryl methyl sites for hydroxylation is 2. The van der Waals surface area contributed by atoms with Gasteiger partial charge in [-0.15, -0.1) is 0 Å². The maximum absolute atomic E-state index is 10.2. The van der Waals surface area contributed by atoms with Gasteiger partial charge >= 0.3 is 0 Å². The third-order valence-electron chi connectivity index (χ3n) is 6.72. The van der Waals surface area contributed by atoms with E-state index in [1.165, 1.54) is 0 Å². The summed E-state index contributed by atoms with van der Waals surface area (Å²) in [5, 5.41) is 14.6. The van der Waals surface area contributed by atoms with Gasteiger partial charge in [0.2, 0.25) is 5.95 Å². The van der Waals surface area contributed by atoms with Crippen LogP contribution in [0.1, 0.15) is 24.7 Å². The van der Waals surface area contributed by atoms with E-state index in [-0.39, 0.29) is 24.2 Å². The molecule has 5 heterocycles. The fraction of sp³-hybridized carbons (Fsp3) is 0.667. The molecular formula is C21H30N6O2. The lowest BCUT2D eigenvalue weighted by atomic mass is 9.83. The molecule has 1 spiro atoms. The second-order valence-corrected chi connectivity index (χ2v) is 8.78. The number of fused-ring (bicyclic) bond motifs is 1. The lowest BCUT2D eigenvalue weighted by Crippen LogP contribution is -2.53. The first-order valence-corrected chi connectivity index (χ1v) is 10.7. The molecule has 1 N–H and O–H groups in total. The minimum absolute atomic E-state index is 0.0826. The van der Waals surface area contributed by atoms with Crippen LogP contribution >= 0.6 is 0 Å². The molecule has 2 aromatic heterocycles. The SMILES string of the molecule is CCCn1ncnc1N1C[C@@H]2[C@H](CO)[C@H]3CN(Cc4cccc(C)n4)C[C@]2(C1)O3. The molecule has 0 aromatic carbocycles. The third kappa shape index (κ3) is 3.23. The van der Waals surface area contributed by atoms with E-state index < -0.39 is 0 Å². The zero-order valence-electron chi connectivity index (χ0n) is 17.2. The van der Waals surface area contributed by atoms with Crippen molar-refractivity contribution < 1.29 is 9.84 Å². The van der Waals surface area contributed by atoms with Crippen LogP contribution in [0.4, 0.5) is 5.95 Å². The van der Waals surface area contributed by atoms with Crippen molar-refractivity contribution in [2.45, 2.75) is 45.1 Å². The number of nitrogens with zero attached hydrogens (tertiary/aromatic N) is 6. The van der Waals surface area contributed by atoms with Crippen molar-refractivity contribution in [3.8, 4) is 0 Å². The maximum Gasteiger partial charge on any atom is 0.223 e. The van der Waals surface area contributed by atoms with Crippen molar-refractivity contribution in [3.05, 3.63) is 35.9 Å². The molecule has 0 aliphatic carbocycles. The first kappa shape index (κ1) is 19.0. The van der Waals surface area contributed by atoms with E-state index in [1.807, 2.05) is 17.7 Å². The Morgan fingerprint density at radius 2 is 2.17 bits per heavy atom. The van der Waals surface area contributed by atoms with Crippen LogP contribution in [0.3, 0.4) is 0 Å². The maximum atomic E-state index is 10.2. The normalized spacial score (nSPS) is 31.4. The van der Waals surface area contributed by atoms with Gasteiger partial charge in [0.05, 0.1) is 18.3 Å². The molecule has 3 aliphatic heterocycles. The fourth-order valence-corrected chi connectivity index (χ4v) is 5.59. The van der Waals surface area contributed by atoms with Crippen LogP contribution in [0.15, 0.2) is 24.5 Å². The van der Waals surface area contributed by atoms with Crippen molar-refractivity contribution in [2.75, 3.05) is 37.7 Å². The summed E-state index contributed by atoms with van der Waals surface area (Å²) < 4.78 is 8.60. The van der Waals surface area contributed by atoms with Gasteiger partial charge < -0.3 is 14.7 Å². The largest absolute Gasteiger partial charge is 0.396 e. The molecule has 3 fully saturated rings. The molecule has 2 aromatic rings. The van der Waals surface area contributed by atoms with Gasteiger partial charge in [0.15, 0.2) is 0 Å². The molecule has 29 heavy (non-hydrogen) atoms. The molecule has 3 saturated heterocycles. The molecule has 0 unspecified atom stereocenters. The Morgan fingerprint density at radius 1 is 1.28 bits per heavy atom. The molecular weight excluding hydrogens is 368 g/mol. The van der Waals surface area contributed by atoms with Crippen LogP contribution in [0.5, 0.6) is 0 Å². The van der Waals surface area contributed by atoms with E-state index in [0.717, 1.165) is 63.0 Å². The van der Waals surface area contributed by atoms with Crippen molar-refractivity contribution in [1.29, 1.82) is 0 Å². The van der Waals surface area contributed by atoms with E-state index in [2.05, 4.69) is 43.9 Å².